The number of nitrogens with one attached hydrogen (secondary N) is 2. The topological polar surface area (TPSA) is 96.3 Å². The maximum atomic E-state index is 13.0. The first-order chi connectivity index (χ1) is 13.2. The van der Waals surface area contributed by atoms with E-state index in [1.54, 1.807) is 20.0 Å². The van der Waals surface area contributed by atoms with Crippen LogP contribution in [-0.2, 0) is 28.6 Å². The minimum atomic E-state index is -1.19. The third-order valence-corrected chi connectivity index (χ3v) is 4.92. The van der Waals surface area contributed by atoms with Gasteiger partial charge in [0, 0.05) is 13.1 Å². The molecule has 2 heterocycles. The van der Waals surface area contributed by atoms with Crippen LogP contribution in [0, 0.1) is 6.92 Å². The van der Waals surface area contributed by atoms with Crippen LogP contribution in [-0.4, -0.2) is 39.1 Å². The van der Waals surface area contributed by atoms with E-state index in [0.29, 0.717) is 11.4 Å². The number of amides is 4. The molecule has 0 saturated carbocycles. The number of hydrogen-bond donors (Lipinski definition) is 2. The Kier molecular flexibility index (Phi) is 5.22. The van der Waals surface area contributed by atoms with Crippen molar-refractivity contribution in [3.63, 3.8) is 0 Å². The molecule has 1 aromatic carbocycles. The van der Waals surface area contributed by atoms with Crippen molar-refractivity contribution in [2.24, 2.45) is 7.05 Å². The van der Waals surface area contributed by atoms with Gasteiger partial charge in [-0.2, -0.15) is 5.10 Å². The van der Waals surface area contributed by atoms with Crippen molar-refractivity contribution in [2.75, 3.05) is 11.9 Å². The van der Waals surface area contributed by atoms with E-state index in [2.05, 4.69) is 22.7 Å². The van der Waals surface area contributed by atoms with E-state index in [9.17, 15) is 14.4 Å². The zero-order valence-electron chi connectivity index (χ0n) is 16.6. The quantitative estimate of drug-likeness (QED) is 0.747. The molecule has 8 heteroatoms. The maximum absolute atomic E-state index is 13.0. The van der Waals surface area contributed by atoms with Gasteiger partial charge in [0.1, 0.15) is 17.9 Å². The fourth-order valence-electron chi connectivity index (χ4n) is 3.38. The van der Waals surface area contributed by atoms with E-state index >= 15 is 0 Å². The molecule has 148 valence electrons. The van der Waals surface area contributed by atoms with Gasteiger partial charge in [-0.15, -0.1) is 0 Å². The molecule has 1 aliphatic heterocycles. The monoisotopic (exact) mass is 383 g/mol. The van der Waals surface area contributed by atoms with E-state index in [-0.39, 0.29) is 6.54 Å². The third-order valence-electron chi connectivity index (χ3n) is 4.92. The minimum Gasteiger partial charge on any atom is -0.319 e. The molecule has 3 rings (SSSR count). The molecule has 2 aromatic rings. The van der Waals surface area contributed by atoms with Crippen LogP contribution in [0.2, 0.25) is 0 Å². The second-order valence-corrected chi connectivity index (χ2v) is 7.24. The Morgan fingerprint density at radius 1 is 1.25 bits per heavy atom. The number of hydrogen-bond acceptors (Lipinski definition) is 4. The lowest BCUT2D eigenvalue weighted by Gasteiger charge is -2.22. The molecule has 1 aliphatic rings. The lowest BCUT2D eigenvalue weighted by atomic mass is 9.91. The van der Waals surface area contributed by atoms with E-state index in [0.717, 1.165) is 23.4 Å². The van der Waals surface area contributed by atoms with Gasteiger partial charge in [0.25, 0.3) is 5.91 Å². The summed E-state index contributed by atoms with van der Waals surface area (Å²) in [5.74, 6) is -0.407. The van der Waals surface area contributed by atoms with Crippen LogP contribution in [0.3, 0.4) is 0 Å². The third kappa shape index (κ3) is 3.62. The van der Waals surface area contributed by atoms with Gasteiger partial charge < -0.3 is 10.6 Å². The van der Waals surface area contributed by atoms with Gasteiger partial charge >= 0.3 is 6.03 Å². The number of rotatable bonds is 6. The summed E-state index contributed by atoms with van der Waals surface area (Å²) in [5.41, 5.74) is 1.43. The van der Waals surface area contributed by atoms with Crippen LogP contribution >= 0.6 is 0 Å². The first-order valence-corrected chi connectivity index (χ1v) is 9.28. The molecule has 4 amide bonds. The van der Waals surface area contributed by atoms with Crippen molar-refractivity contribution in [1.29, 1.82) is 0 Å². The number of aromatic nitrogens is 2. The van der Waals surface area contributed by atoms with E-state index in [1.807, 2.05) is 31.2 Å². The van der Waals surface area contributed by atoms with Crippen molar-refractivity contribution < 1.29 is 14.4 Å². The van der Waals surface area contributed by atoms with Crippen LogP contribution in [0.15, 0.2) is 30.3 Å². The van der Waals surface area contributed by atoms with Gasteiger partial charge in [0.2, 0.25) is 5.91 Å². The highest BCUT2D eigenvalue weighted by Crippen LogP contribution is 2.29. The molecular formula is C20H25N5O3. The van der Waals surface area contributed by atoms with Crippen molar-refractivity contribution in [3.8, 4) is 0 Å². The number of imide groups is 1. The normalized spacial score (nSPS) is 19.1. The van der Waals surface area contributed by atoms with E-state index in [1.165, 1.54) is 10.2 Å². The maximum Gasteiger partial charge on any atom is 0.325 e. The zero-order valence-corrected chi connectivity index (χ0v) is 16.6. The Bertz CT molecular complexity index is 918. The lowest BCUT2D eigenvalue weighted by molar-refractivity contribution is -0.133. The van der Waals surface area contributed by atoms with Crippen molar-refractivity contribution in [3.05, 3.63) is 47.2 Å². The van der Waals surface area contributed by atoms with Gasteiger partial charge in [-0.1, -0.05) is 37.6 Å². The molecule has 0 radical (unpaired) electrons. The SMILES string of the molecule is CCCc1ccc(C2(C)NC(=O)N(CC(=O)Nc3cc(C)nn3C)C2=O)cc1. The van der Waals surface area contributed by atoms with E-state index < -0.39 is 23.4 Å². The molecule has 0 spiro atoms. The largest absolute Gasteiger partial charge is 0.325 e. The second-order valence-electron chi connectivity index (χ2n) is 7.24. The predicted molar refractivity (Wildman–Crippen MR) is 105 cm³/mol. The minimum absolute atomic E-state index is 0.363. The van der Waals surface area contributed by atoms with Gasteiger partial charge in [0.15, 0.2) is 0 Å². The molecule has 1 atom stereocenters. The Balaban J connectivity index is 1.73. The Morgan fingerprint density at radius 3 is 2.50 bits per heavy atom. The molecule has 1 unspecified atom stereocenters. The Morgan fingerprint density at radius 2 is 1.93 bits per heavy atom. The number of anilines is 1. The number of benzene rings is 1. The molecular weight excluding hydrogens is 358 g/mol. The highest BCUT2D eigenvalue weighted by Gasteiger charge is 2.49. The van der Waals surface area contributed by atoms with Crippen molar-refractivity contribution in [1.82, 2.24) is 20.0 Å². The van der Waals surface area contributed by atoms with E-state index in [4.69, 9.17) is 0 Å². The molecule has 1 aromatic heterocycles. The van der Waals surface area contributed by atoms with Crippen LogP contribution in [0.25, 0.3) is 0 Å². The van der Waals surface area contributed by atoms with Gasteiger partial charge in [-0.25, -0.2) is 4.79 Å². The predicted octanol–water partition coefficient (Wildman–Crippen LogP) is 2.09. The molecule has 1 fully saturated rings. The van der Waals surface area contributed by atoms with Crippen molar-refractivity contribution >= 4 is 23.7 Å². The number of aryl methyl sites for hydroxylation is 3. The van der Waals surface area contributed by atoms with Gasteiger partial charge in [-0.05, 0) is 31.4 Å². The summed E-state index contributed by atoms with van der Waals surface area (Å²) in [6, 6.07) is 8.76. The number of urea groups is 1. The van der Waals surface area contributed by atoms with Crippen LogP contribution in [0.4, 0.5) is 10.6 Å². The first-order valence-electron chi connectivity index (χ1n) is 9.28. The molecule has 2 N–H and O–H groups in total. The van der Waals surface area contributed by atoms with Crippen molar-refractivity contribution in [2.45, 2.75) is 39.2 Å². The molecule has 1 saturated heterocycles. The van der Waals surface area contributed by atoms with Crippen LogP contribution in [0.5, 0.6) is 0 Å². The Labute approximate surface area is 163 Å². The Hall–Kier alpha value is -3.16. The average molecular weight is 383 g/mol. The van der Waals surface area contributed by atoms with Crippen LogP contribution < -0.4 is 10.6 Å². The van der Waals surface area contributed by atoms with Gasteiger partial charge in [-0.3, -0.25) is 19.2 Å². The fraction of sp³-hybridized carbons (Fsp3) is 0.400. The highest BCUT2D eigenvalue weighted by atomic mass is 16.2. The molecule has 28 heavy (non-hydrogen) atoms. The van der Waals surface area contributed by atoms with Gasteiger partial charge in [0.05, 0.1) is 5.69 Å². The second kappa shape index (κ2) is 7.46. The first kappa shape index (κ1) is 19.6. The standard InChI is InChI=1S/C20H25N5O3/c1-5-6-14-7-9-15(10-8-14)20(3)18(27)25(19(28)22-20)12-17(26)21-16-11-13(2)23-24(16)4/h7-11H,5-6,12H2,1-4H3,(H,21,26)(H,22,28). The molecule has 8 nitrogen and oxygen atoms in total. The number of carbonyl (C=O) groups excluding carboxylic acids is 3. The number of nitrogens with zero attached hydrogens (tertiary/aromatic N) is 3. The smallest absolute Gasteiger partial charge is 0.319 e. The highest BCUT2D eigenvalue weighted by molar-refractivity contribution is 6.10. The summed E-state index contributed by atoms with van der Waals surface area (Å²) in [5, 5.41) is 9.55. The van der Waals surface area contributed by atoms with Crippen LogP contribution in [0.1, 0.15) is 37.1 Å². The summed E-state index contributed by atoms with van der Waals surface area (Å²) < 4.78 is 1.53. The molecule has 0 aliphatic carbocycles. The lowest BCUT2D eigenvalue weighted by Crippen LogP contribution is -2.42. The summed E-state index contributed by atoms with van der Waals surface area (Å²) >= 11 is 0. The summed E-state index contributed by atoms with van der Waals surface area (Å²) in [4.78, 5) is 38.7. The summed E-state index contributed by atoms with van der Waals surface area (Å²) in [7, 11) is 1.70. The fourth-order valence-corrected chi connectivity index (χ4v) is 3.38. The molecule has 0 bridgehead atoms. The number of carbonyl (C=O) groups is 3. The summed E-state index contributed by atoms with van der Waals surface area (Å²) in [6.07, 6.45) is 1.99. The zero-order chi connectivity index (χ0) is 20.5. The summed E-state index contributed by atoms with van der Waals surface area (Å²) in [6.45, 7) is 5.21. The average Bonchev–Trinajstić information content (AvgIpc) is 3.06.